The normalized spacial score (nSPS) is 11.9. The Morgan fingerprint density at radius 2 is 1.92 bits per heavy atom. The smallest absolute Gasteiger partial charge is 0.220 e. The Kier molecular flexibility index (Phi) is 6.02. The summed E-state index contributed by atoms with van der Waals surface area (Å²) >= 11 is 6.15. The molecule has 1 atom stereocenters. The molecule has 1 aromatic heterocycles. The quantitative estimate of drug-likeness (QED) is 0.668. The van der Waals surface area contributed by atoms with E-state index in [4.69, 9.17) is 11.6 Å². The molecule has 0 spiro atoms. The Bertz CT molecular complexity index is 863. The minimum atomic E-state index is -0.0411. The summed E-state index contributed by atoms with van der Waals surface area (Å²) in [6.07, 6.45) is 0.959. The van der Waals surface area contributed by atoms with Crippen LogP contribution in [0, 0.1) is 6.92 Å². The maximum absolute atomic E-state index is 12.5. The highest BCUT2D eigenvalue weighted by Gasteiger charge is 2.18. The number of H-pyrrole nitrogens is 1. The van der Waals surface area contributed by atoms with Gasteiger partial charge >= 0.3 is 0 Å². The molecule has 134 valence electrons. The molecule has 1 amide bonds. The summed E-state index contributed by atoms with van der Waals surface area (Å²) in [5, 5.41) is 10.5. The number of amides is 1. The number of rotatable bonds is 7. The zero-order chi connectivity index (χ0) is 18.4. The fourth-order valence-electron chi connectivity index (χ4n) is 2.91. The highest BCUT2D eigenvalue weighted by atomic mass is 35.5. The largest absolute Gasteiger partial charge is 0.356 e. The third-order valence-electron chi connectivity index (χ3n) is 4.16. The summed E-state index contributed by atoms with van der Waals surface area (Å²) in [6, 6.07) is 17.7. The number of aryl methyl sites for hydroxylation is 1. The Morgan fingerprint density at radius 1 is 1.15 bits per heavy atom. The monoisotopic (exact) mass is 368 g/mol. The van der Waals surface area contributed by atoms with E-state index >= 15 is 0 Å². The first-order chi connectivity index (χ1) is 12.6. The van der Waals surface area contributed by atoms with Crippen LogP contribution in [-0.4, -0.2) is 27.6 Å². The first-order valence-electron chi connectivity index (χ1n) is 8.57. The van der Waals surface area contributed by atoms with Gasteiger partial charge in [-0.25, -0.2) is 4.98 Å². The molecule has 3 rings (SSSR count). The molecule has 0 saturated carbocycles. The van der Waals surface area contributed by atoms with Crippen molar-refractivity contribution in [3.8, 4) is 0 Å². The van der Waals surface area contributed by atoms with E-state index in [1.54, 1.807) is 0 Å². The van der Waals surface area contributed by atoms with Gasteiger partial charge in [0.1, 0.15) is 5.82 Å². The fourth-order valence-corrected chi connectivity index (χ4v) is 3.11. The highest BCUT2D eigenvalue weighted by molar-refractivity contribution is 6.30. The van der Waals surface area contributed by atoms with Crippen molar-refractivity contribution in [2.75, 3.05) is 6.54 Å². The van der Waals surface area contributed by atoms with E-state index in [1.807, 2.05) is 61.5 Å². The summed E-state index contributed by atoms with van der Waals surface area (Å²) in [5.41, 5.74) is 2.12. The zero-order valence-electron chi connectivity index (χ0n) is 14.6. The lowest BCUT2D eigenvalue weighted by molar-refractivity contribution is -0.121. The van der Waals surface area contributed by atoms with Gasteiger partial charge in [-0.2, -0.15) is 5.10 Å². The maximum Gasteiger partial charge on any atom is 0.220 e. The van der Waals surface area contributed by atoms with Gasteiger partial charge in [0.05, 0.1) is 0 Å². The molecule has 0 aliphatic heterocycles. The van der Waals surface area contributed by atoms with Crippen LogP contribution in [0.3, 0.4) is 0 Å². The SMILES string of the molecule is Cc1nc(CCNC(=O)CC(c2ccccc2)c2cccc(Cl)c2)n[nH]1. The first kappa shape index (κ1) is 18.1. The van der Waals surface area contributed by atoms with Crippen molar-refractivity contribution in [1.29, 1.82) is 0 Å². The van der Waals surface area contributed by atoms with Crippen molar-refractivity contribution in [2.45, 2.75) is 25.7 Å². The van der Waals surface area contributed by atoms with Crippen LogP contribution in [0.4, 0.5) is 0 Å². The maximum atomic E-state index is 12.5. The van der Waals surface area contributed by atoms with Crippen molar-refractivity contribution < 1.29 is 4.79 Å². The van der Waals surface area contributed by atoms with Gasteiger partial charge in [-0.05, 0) is 30.2 Å². The second-order valence-electron chi connectivity index (χ2n) is 6.16. The van der Waals surface area contributed by atoms with E-state index in [9.17, 15) is 4.79 Å². The molecular formula is C20H21ClN4O. The van der Waals surface area contributed by atoms with Gasteiger partial charge in [-0.15, -0.1) is 0 Å². The number of nitrogens with zero attached hydrogens (tertiary/aromatic N) is 2. The lowest BCUT2D eigenvalue weighted by Crippen LogP contribution is -2.27. The van der Waals surface area contributed by atoms with E-state index in [1.165, 1.54) is 0 Å². The number of carbonyl (C=O) groups is 1. The molecule has 0 saturated heterocycles. The number of benzene rings is 2. The number of halogens is 1. The Hall–Kier alpha value is -2.66. The number of hydrogen-bond donors (Lipinski definition) is 2. The van der Waals surface area contributed by atoms with Gasteiger partial charge in [-0.3, -0.25) is 9.89 Å². The summed E-state index contributed by atoms with van der Waals surface area (Å²) in [7, 11) is 0. The highest BCUT2D eigenvalue weighted by Crippen LogP contribution is 2.29. The van der Waals surface area contributed by atoms with Gasteiger partial charge in [0.2, 0.25) is 5.91 Å². The Balaban J connectivity index is 1.66. The van der Waals surface area contributed by atoms with Crippen molar-refractivity contribution in [1.82, 2.24) is 20.5 Å². The van der Waals surface area contributed by atoms with E-state index in [0.717, 1.165) is 17.0 Å². The summed E-state index contributed by atoms with van der Waals surface area (Å²) in [4.78, 5) is 16.7. The average Bonchev–Trinajstić information content (AvgIpc) is 3.05. The number of aromatic amines is 1. The summed E-state index contributed by atoms with van der Waals surface area (Å²) < 4.78 is 0. The molecule has 1 heterocycles. The zero-order valence-corrected chi connectivity index (χ0v) is 15.3. The van der Waals surface area contributed by atoms with Crippen LogP contribution >= 0.6 is 11.6 Å². The molecule has 6 heteroatoms. The molecule has 1 unspecified atom stereocenters. The third-order valence-corrected chi connectivity index (χ3v) is 4.39. The standard InChI is InChI=1S/C20H21ClN4O/c1-14-23-19(25-24-14)10-11-22-20(26)13-18(15-6-3-2-4-7-15)16-8-5-9-17(21)12-16/h2-9,12,18H,10-11,13H2,1H3,(H,22,26)(H,23,24,25). The third kappa shape index (κ3) is 4.92. The van der Waals surface area contributed by atoms with Crippen LogP contribution in [0.2, 0.25) is 5.02 Å². The van der Waals surface area contributed by atoms with E-state index in [-0.39, 0.29) is 11.8 Å². The van der Waals surface area contributed by atoms with Gasteiger partial charge in [-0.1, -0.05) is 54.1 Å². The van der Waals surface area contributed by atoms with Crippen LogP contribution in [0.1, 0.15) is 35.1 Å². The number of hydrogen-bond acceptors (Lipinski definition) is 3. The molecule has 2 aromatic carbocycles. The predicted octanol–water partition coefficient (Wildman–Crippen LogP) is 3.65. The molecule has 0 aliphatic carbocycles. The van der Waals surface area contributed by atoms with Gasteiger partial charge < -0.3 is 5.32 Å². The van der Waals surface area contributed by atoms with Gasteiger partial charge in [0.15, 0.2) is 5.82 Å². The lowest BCUT2D eigenvalue weighted by Gasteiger charge is -2.18. The summed E-state index contributed by atoms with van der Waals surface area (Å²) in [5.74, 6) is 1.43. The Morgan fingerprint density at radius 3 is 2.62 bits per heavy atom. The van der Waals surface area contributed by atoms with Gasteiger partial charge in [0.25, 0.3) is 0 Å². The van der Waals surface area contributed by atoms with Crippen LogP contribution in [0.25, 0.3) is 0 Å². The van der Waals surface area contributed by atoms with E-state index in [2.05, 4.69) is 20.5 Å². The van der Waals surface area contributed by atoms with E-state index in [0.29, 0.717) is 30.2 Å². The number of aromatic nitrogens is 3. The average molecular weight is 369 g/mol. The van der Waals surface area contributed by atoms with Crippen LogP contribution in [0.5, 0.6) is 0 Å². The minimum absolute atomic E-state index is 0.00825. The predicted molar refractivity (Wildman–Crippen MR) is 102 cm³/mol. The summed E-state index contributed by atoms with van der Waals surface area (Å²) in [6.45, 7) is 2.36. The molecule has 2 N–H and O–H groups in total. The second-order valence-corrected chi connectivity index (χ2v) is 6.60. The Labute approximate surface area is 157 Å². The molecule has 0 fully saturated rings. The molecule has 0 bridgehead atoms. The second kappa shape index (κ2) is 8.63. The van der Waals surface area contributed by atoms with Gasteiger partial charge in [0, 0.05) is 30.3 Å². The van der Waals surface area contributed by atoms with Crippen molar-refractivity contribution >= 4 is 17.5 Å². The molecule has 0 aliphatic rings. The van der Waals surface area contributed by atoms with Crippen LogP contribution in [-0.2, 0) is 11.2 Å². The molecular weight excluding hydrogens is 348 g/mol. The number of carbonyl (C=O) groups excluding carboxylic acids is 1. The van der Waals surface area contributed by atoms with Crippen molar-refractivity contribution in [3.63, 3.8) is 0 Å². The van der Waals surface area contributed by atoms with E-state index < -0.39 is 0 Å². The first-order valence-corrected chi connectivity index (χ1v) is 8.94. The molecule has 0 radical (unpaired) electrons. The van der Waals surface area contributed by atoms with Crippen LogP contribution < -0.4 is 5.32 Å². The molecule has 26 heavy (non-hydrogen) atoms. The van der Waals surface area contributed by atoms with Crippen molar-refractivity contribution in [3.05, 3.63) is 82.4 Å². The van der Waals surface area contributed by atoms with Crippen LogP contribution in [0.15, 0.2) is 54.6 Å². The lowest BCUT2D eigenvalue weighted by atomic mass is 9.88. The van der Waals surface area contributed by atoms with Crippen molar-refractivity contribution in [2.24, 2.45) is 0 Å². The molecule has 3 aromatic rings. The topological polar surface area (TPSA) is 70.7 Å². The minimum Gasteiger partial charge on any atom is -0.356 e. The fraction of sp³-hybridized carbons (Fsp3) is 0.250. The molecule has 5 nitrogen and oxygen atoms in total. The number of nitrogens with one attached hydrogen (secondary N) is 2.